The fourth-order valence-corrected chi connectivity index (χ4v) is 3.30. The van der Waals surface area contributed by atoms with Crippen molar-refractivity contribution in [2.24, 2.45) is 0 Å². The summed E-state index contributed by atoms with van der Waals surface area (Å²) < 4.78 is 0. The molecule has 0 fully saturated rings. The van der Waals surface area contributed by atoms with Gasteiger partial charge in [-0.3, -0.25) is 14.7 Å². The predicted octanol–water partition coefficient (Wildman–Crippen LogP) is 3.45. The highest BCUT2D eigenvalue weighted by atomic mass is 32.1. The number of nitrogens with one attached hydrogen (secondary N) is 3. The van der Waals surface area contributed by atoms with Crippen molar-refractivity contribution in [2.75, 3.05) is 10.6 Å². The van der Waals surface area contributed by atoms with Crippen LogP contribution < -0.4 is 10.6 Å². The van der Waals surface area contributed by atoms with Crippen LogP contribution in [0.15, 0.2) is 60.1 Å². The molecule has 0 aliphatic heterocycles. The van der Waals surface area contributed by atoms with Crippen LogP contribution in [0.1, 0.15) is 16.1 Å². The Bertz CT molecular complexity index is 1100. The number of aromatic nitrogens is 3. The molecule has 7 nitrogen and oxygen atoms in total. The molecule has 4 rings (SSSR count). The number of aromatic amines is 1. The zero-order valence-electron chi connectivity index (χ0n) is 14.1. The maximum absolute atomic E-state index is 12.4. The number of hydrogen-bond donors (Lipinski definition) is 3. The van der Waals surface area contributed by atoms with Crippen molar-refractivity contribution in [3.05, 3.63) is 71.4 Å². The van der Waals surface area contributed by atoms with Crippen molar-refractivity contribution in [3.8, 4) is 0 Å². The van der Waals surface area contributed by atoms with Gasteiger partial charge in [-0.05, 0) is 23.8 Å². The van der Waals surface area contributed by atoms with Gasteiger partial charge in [0.05, 0.1) is 18.1 Å². The van der Waals surface area contributed by atoms with Crippen molar-refractivity contribution in [2.45, 2.75) is 6.42 Å². The average Bonchev–Trinajstić information content (AvgIpc) is 3.31. The molecule has 0 aliphatic rings. The van der Waals surface area contributed by atoms with Gasteiger partial charge in [-0.2, -0.15) is 5.10 Å². The summed E-state index contributed by atoms with van der Waals surface area (Å²) in [5.74, 6) is -0.513. The van der Waals surface area contributed by atoms with Crippen LogP contribution in [0, 0.1) is 0 Å². The molecule has 2 aromatic carbocycles. The molecule has 0 saturated heterocycles. The van der Waals surface area contributed by atoms with Crippen molar-refractivity contribution in [1.82, 2.24) is 15.2 Å². The number of rotatable bonds is 5. The maximum atomic E-state index is 12.4. The normalized spacial score (nSPS) is 10.7. The Balaban J connectivity index is 1.39. The summed E-state index contributed by atoms with van der Waals surface area (Å²) in [6.07, 6.45) is 1.97. The molecule has 4 aromatic rings. The molecule has 0 spiro atoms. The molecule has 0 saturated carbocycles. The highest BCUT2D eigenvalue weighted by molar-refractivity contribution is 7.14. The third-order valence-electron chi connectivity index (χ3n) is 3.89. The standard InChI is InChI=1S/C19H15N5O2S/c25-17(8-12-4-2-1-3-5-12)23-19-22-16(11-27-19)18(26)21-14-7-6-13-10-20-24-15(13)9-14/h1-7,9-11H,8H2,(H,20,24)(H,21,26)(H,22,23,25). The van der Waals surface area contributed by atoms with Gasteiger partial charge in [0.25, 0.3) is 5.91 Å². The van der Waals surface area contributed by atoms with Gasteiger partial charge in [0.2, 0.25) is 5.91 Å². The second-order valence-electron chi connectivity index (χ2n) is 5.87. The van der Waals surface area contributed by atoms with Crippen molar-refractivity contribution < 1.29 is 9.59 Å². The Kier molecular flexibility index (Phi) is 4.63. The van der Waals surface area contributed by atoms with E-state index in [1.807, 2.05) is 36.4 Å². The third-order valence-corrected chi connectivity index (χ3v) is 4.65. The summed E-state index contributed by atoms with van der Waals surface area (Å²) in [6, 6.07) is 14.9. The van der Waals surface area contributed by atoms with Gasteiger partial charge in [0.1, 0.15) is 5.69 Å². The van der Waals surface area contributed by atoms with E-state index in [2.05, 4.69) is 25.8 Å². The molecule has 0 aliphatic carbocycles. The first-order valence-corrected chi connectivity index (χ1v) is 9.09. The van der Waals surface area contributed by atoms with Gasteiger partial charge in [-0.1, -0.05) is 30.3 Å². The van der Waals surface area contributed by atoms with Gasteiger partial charge in [-0.25, -0.2) is 4.98 Å². The van der Waals surface area contributed by atoms with E-state index >= 15 is 0 Å². The minimum atomic E-state index is -0.339. The summed E-state index contributed by atoms with van der Waals surface area (Å²) in [4.78, 5) is 28.7. The number of hydrogen-bond acceptors (Lipinski definition) is 5. The molecule has 2 heterocycles. The van der Waals surface area contributed by atoms with E-state index in [0.717, 1.165) is 16.5 Å². The molecule has 2 aromatic heterocycles. The fraction of sp³-hybridized carbons (Fsp3) is 0.0526. The molecule has 134 valence electrons. The molecule has 0 bridgehead atoms. The van der Waals surface area contributed by atoms with Gasteiger partial charge >= 0.3 is 0 Å². The lowest BCUT2D eigenvalue weighted by molar-refractivity contribution is -0.115. The Morgan fingerprint density at radius 2 is 1.93 bits per heavy atom. The monoisotopic (exact) mass is 377 g/mol. The third kappa shape index (κ3) is 4.01. The quantitative estimate of drug-likeness (QED) is 0.496. The molecule has 0 unspecified atom stereocenters. The first kappa shape index (κ1) is 16.9. The maximum Gasteiger partial charge on any atom is 0.275 e. The van der Waals surface area contributed by atoms with Crippen LogP contribution in [0.3, 0.4) is 0 Å². The van der Waals surface area contributed by atoms with Crippen molar-refractivity contribution in [1.29, 1.82) is 0 Å². The zero-order valence-corrected chi connectivity index (χ0v) is 14.9. The summed E-state index contributed by atoms with van der Waals surface area (Å²) in [5, 5.41) is 15.3. The summed E-state index contributed by atoms with van der Waals surface area (Å²) in [7, 11) is 0. The molecule has 0 radical (unpaired) electrons. The summed E-state index contributed by atoms with van der Waals surface area (Å²) in [5.41, 5.74) is 2.64. The van der Waals surface area contributed by atoms with E-state index in [9.17, 15) is 9.59 Å². The first-order valence-electron chi connectivity index (χ1n) is 8.21. The minimum Gasteiger partial charge on any atom is -0.321 e. The summed E-state index contributed by atoms with van der Waals surface area (Å²) in [6.45, 7) is 0. The second kappa shape index (κ2) is 7.38. The van der Waals surface area contributed by atoms with Crippen LogP contribution in [-0.4, -0.2) is 27.0 Å². The highest BCUT2D eigenvalue weighted by Gasteiger charge is 2.13. The average molecular weight is 377 g/mol. The van der Waals surface area contributed by atoms with Crippen LogP contribution in [0.5, 0.6) is 0 Å². The number of nitrogens with zero attached hydrogens (tertiary/aromatic N) is 2. The van der Waals surface area contributed by atoms with Crippen LogP contribution in [0.4, 0.5) is 10.8 Å². The van der Waals surface area contributed by atoms with E-state index in [1.165, 1.54) is 11.3 Å². The number of benzene rings is 2. The van der Waals surface area contributed by atoms with Crippen LogP contribution in [-0.2, 0) is 11.2 Å². The van der Waals surface area contributed by atoms with E-state index in [1.54, 1.807) is 23.7 Å². The molecular formula is C19H15N5O2S. The van der Waals surface area contributed by atoms with Gasteiger partial charge in [-0.15, -0.1) is 11.3 Å². The van der Waals surface area contributed by atoms with Gasteiger partial charge < -0.3 is 10.6 Å². The SMILES string of the molecule is O=C(Cc1ccccc1)Nc1nc(C(=O)Nc2ccc3cn[nH]c3c2)cs1. The number of fused-ring (bicyclic) bond motifs is 1. The van der Waals surface area contributed by atoms with Crippen LogP contribution >= 0.6 is 11.3 Å². The number of carbonyl (C=O) groups excluding carboxylic acids is 2. The van der Waals surface area contributed by atoms with E-state index < -0.39 is 0 Å². The fourth-order valence-electron chi connectivity index (χ4n) is 2.59. The largest absolute Gasteiger partial charge is 0.321 e. The Morgan fingerprint density at radius 3 is 2.78 bits per heavy atom. The lowest BCUT2D eigenvalue weighted by Crippen LogP contribution is -2.15. The van der Waals surface area contributed by atoms with E-state index in [4.69, 9.17) is 0 Å². The minimum absolute atomic E-state index is 0.174. The molecule has 3 N–H and O–H groups in total. The smallest absolute Gasteiger partial charge is 0.275 e. The lowest BCUT2D eigenvalue weighted by Gasteiger charge is -2.03. The number of anilines is 2. The molecular weight excluding hydrogens is 362 g/mol. The Morgan fingerprint density at radius 1 is 1.07 bits per heavy atom. The highest BCUT2D eigenvalue weighted by Crippen LogP contribution is 2.19. The molecule has 2 amide bonds. The number of thiazole rings is 1. The summed E-state index contributed by atoms with van der Waals surface area (Å²) >= 11 is 1.21. The van der Waals surface area contributed by atoms with E-state index in [-0.39, 0.29) is 23.9 Å². The van der Waals surface area contributed by atoms with Crippen LogP contribution in [0.25, 0.3) is 10.9 Å². The van der Waals surface area contributed by atoms with Crippen LogP contribution in [0.2, 0.25) is 0 Å². The number of carbonyl (C=O) groups is 2. The van der Waals surface area contributed by atoms with Gasteiger partial charge in [0, 0.05) is 16.5 Å². The lowest BCUT2D eigenvalue weighted by atomic mass is 10.1. The second-order valence-corrected chi connectivity index (χ2v) is 6.73. The number of amides is 2. The molecule has 27 heavy (non-hydrogen) atoms. The molecule has 0 atom stereocenters. The zero-order chi connectivity index (χ0) is 18.6. The topological polar surface area (TPSA) is 99.8 Å². The molecule has 8 heteroatoms. The van der Waals surface area contributed by atoms with Gasteiger partial charge in [0.15, 0.2) is 5.13 Å². The Labute approximate surface area is 158 Å². The van der Waals surface area contributed by atoms with Crippen molar-refractivity contribution in [3.63, 3.8) is 0 Å². The van der Waals surface area contributed by atoms with Crippen molar-refractivity contribution >= 4 is 44.9 Å². The Hall–Kier alpha value is -3.52. The first-order chi connectivity index (χ1) is 13.2. The predicted molar refractivity (Wildman–Crippen MR) is 105 cm³/mol. The van der Waals surface area contributed by atoms with E-state index in [0.29, 0.717) is 10.8 Å². The number of H-pyrrole nitrogens is 1.